The van der Waals surface area contributed by atoms with Crippen LogP contribution in [0.25, 0.3) is 0 Å². The van der Waals surface area contributed by atoms with Crippen LogP contribution in [0, 0.1) is 41.4 Å². The zero-order valence-electron chi connectivity index (χ0n) is 63.4. The van der Waals surface area contributed by atoms with Gasteiger partial charge < -0.3 is 18.8 Å². The molecule has 3 heterocycles. The van der Waals surface area contributed by atoms with E-state index in [0.717, 1.165) is 117 Å². The molecule has 0 bridgehead atoms. The molecule has 4 aromatic rings. The van der Waals surface area contributed by atoms with Crippen molar-refractivity contribution in [2.45, 2.75) is 273 Å². The first kappa shape index (κ1) is 88.9. The van der Waals surface area contributed by atoms with Crippen molar-refractivity contribution >= 4 is 16.4 Å². The molecule has 534 valence electrons. The average molecular weight is 1360 g/mol. The van der Waals surface area contributed by atoms with Gasteiger partial charge in [-0.15, -0.1) is 0 Å². The topological polar surface area (TPSA) is 102 Å². The molecule has 9 heteroatoms. The quantitative estimate of drug-likeness (QED) is 0.0151. The van der Waals surface area contributed by atoms with Gasteiger partial charge in [-0.2, -0.15) is 0 Å². The molecule has 3 aliphatic rings. The van der Waals surface area contributed by atoms with Crippen molar-refractivity contribution in [3.8, 4) is 0 Å². The number of carbonyl (C=O) groups is 1. The van der Waals surface area contributed by atoms with Crippen LogP contribution < -0.4 is 29.6 Å². The summed E-state index contributed by atoms with van der Waals surface area (Å²) in [5.74, 6) is 5.54. The predicted octanol–water partition coefficient (Wildman–Crippen LogP) is 22.8. The van der Waals surface area contributed by atoms with Crippen LogP contribution in [0.4, 0.5) is 0 Å². The summed E-state index contributed by atoms with van der Waals surface area (Å²) >= 11 is 0. The SMILES string of the molecule is C=CC(=C)CC/C=C(\C)CCC=C(C)C.CC(C)=CCC/C(C)=C/CCC1CCC(c2ccccc2)OC1.CC(C)CCCC(C)CCCC1CCC(c2ccc(S(=O)(=O)[O-])cc2)OC1.CC(C)CCCC(C)CCCC1CCC(c2ccccc2)OC1.O=Cc1ccccc1.[Na+]. The van der Waals surface area contributed by atoms with Crippen molar-refractivity contribution in [1.82, 2.24) is 0 Å². The molecule has 3 fully saturated rings. The number of rotatable bonds is 34. The van der Waals surface area contributed by atoms with Crippen LogP contribution in [0.3, 0.4) is 0 Å². The Bertz CT molecular complexity index is 2880. The molecule has 0 saturated carbocycles. The maximum atomic E-state index is 11.0. The third-order valence-electron chi connectivity index (χ3n) is 19.0. The molecule has 7 rings (SSSR count). The molecule has 7 nitrogen and oxygen atoms in total. The Balaban J connectivity index is 0.000000428. The predicted molar refractivity (Wildman–Crippen MR) is 409 cm³/mol. The Morgan fingerprint density at radius 3 is 1.18 bits per heavy atom. The number of aldehydes is 1. The van der Waals surface area contributed by atoms with Gasteiger partial charge in [0, 0.05) is 5.56 Å². The van der Waals surface area contributed by atoms with Crippen LogP contribution in [-0.4, -0.2) is 39.1 Å². The fourth-order valence-electron chi connectivity index (χ4n) is 12.7. The van der Waals surface area contributed by atoms with Gasteiger partial charge in [-0.1, -0.05) is 280 Å². The minimum Gasteiger partial charge on any atom is -0.744 e. The van der Waals surface area contributed by atoms with Crippen molar-refractivity contribution in [2.24, 2.45) is 41.4 Å². The standard InChI is InChI=1S/C22H36O4S.C22H36O.C22H32O.C15H24.C7H6O.Na/c1-17(2)6-4-7-18(3)8-5-9-19-10-15-22(26-16-19)20-11-13-21(14-12-20)27(23,24)25;2*1-18(2)9-7-10-19(3)11-8-12-20-15-16-22(23-17-20)21-13-5-4-6-14-21;1-6-14(4)10-8-12-15(5)11-7-9-13(2)3;8-6-7-4-2-1-3-5-7;/h11-14,17-19,22H,4-10,15-16H2,1-3H3,(H,23,24,25);4-6,13-14,18-20,22H,7-12,15-17H2,1-3H3;4-6,9,11,13-14,20,22H,7-8,10,12,15-17H2,1-3H3;6,9,12H,1,4,7-8,10-11H2,2-3,5H3;1-6H;/q;;;;;+1/p-1/b;;19-11+;15-12+;;. The summed E-state index contributed by atoms with van der Waals surface area (Å²) in [6.07, 6.45) is 45.3. The second kappa shape index (κ2) is 53.6. The van der Waals surface area contributed by atoms with Crippen LogP contribution >= 0.6 is 0 Å². The monoisotopic (exact) mass is 1360 g/mol. The van der Waals surface area contributed by atoms with Gasteiger partial charge in [-0.05, 0) is 215 Å². The van der Waals surface area contributed by atoms with Gasteiger partial charge >= 0.3 is 29.6 Å². The van der Waals surface area contributed by atoms with Gasteiger partial charge in [-0.25, -0.2) is 8.42 Å². The van der Waals surface area contributed by atoms with Crippen LogP contribution in [0.1, 0.15) is 295 Å². The second-order valence-electron chi connectivity index (χ2n) is 29.6. The number of ether oxygens (including phenoxy) is 3. The first-order chi connectivity index (χ1) is 46.0. The molecule has 0 aromatic heterocycles. The Kier molecular flexibility index (Phi) is 49.1. The first-order valence-corrected chi connectivity index (χ1v) is 38.8. The molecule has 97 heavy (non-hydrogen) atoms. The van der Waals surface area contributed by atoms with Crippen molar-refractivity contribution < 1.29 is 61.5 Å². The van der Waals surface area contributed by atoms with Crippen LogP contribution in [-0.2, 0) is 24.3 Å². The van der Waals surface area contributed by atoms with Gasteiger partial charge in [0.1, 0.15) is 16.4 Å². The Hall–Kier alpha value is -4.22. The summed E-state index contributed by atoms with van der Waals surface area (Å²) in [6, 6.07) is 36.6. The summed E-state index contributed by atoms with van der Waals surface area (Å²) in [4.78, 5) is 9.83. The van der Waals surface area contributed by atoms with Gasteiger partial charge in [0.2, 0.25) is 0 Å². The van der Waals surface area contributed by atoms with Gasteiger partial charge in [0.25, 0.3) is 0 Å². The van der Waals surface area contributed by atoms with E-state index in [1.165, 1.54) is 174 Å². The van der Waals surface area contributed by atoms with E-state index in [9.17, 15) is 17.8 Å². The number of allylic oxidation sites excluding steroid dienone is 10. The van der Waals surface area contributed by atoms with Crippen molar-refractivity contribution in [1.29, 1.82) is 0 Å². The number of benzene rings is 4. The number of carbonyl (C=O) groups excluding carboxylic acids is 1. The van der Waals surface area contributed by atoms with Gasteiger partial charge in [0.05, 0.1) is 43.0 Å². The maximum Gasteiger partial charge on any atom is 1.00 e. The fraction of sp³-hybridized carbons (Fsp3) is 0.580. The van der Waals surface area contributed by atoms with Crippen LogP contribution in [0.15, 0.2) is 192 Å². The zero-order valence-corrected chi connectivity index (χ0v) is 66.2. The minimum atomic E-state index is -4.38. The van der Waals surface area contributed by atoms with E-state index in [2.05, 4.69) is 181 Å². The molecule has 8 atom stereocenters. The van der Waals surface area contributed by atoms with Gasteiger partial charge in [-0.3, -0.25) is 4.79 Å². The molecule has 3 saturated heterocycles. The molecule has 4 aromatic carbocycles. The molecule has 0 N–H and O–H groups in total. The molecule has 0 amide bonds. The maximum absolute atomic E-state index is 11.0. The molecule has 3 aliphatic heterocycles. The molecule has 0 aliphatic carbocycles. The normalized spacial score (nSPS) is 19.2. The zero-order chi connectivity index (χ0) is 70.4. The minimum absolute atomic E-state index is 0. The first-order valence-electron chi connectivity index (χ1n) is 37.4. The third-order valence-corrected chi connectivity index (χ3v) is 19.9. The summed E-state index contributed by atoms with van der Waals surface area (Å²) in [6.45, 7) is 37.4. The Morgan fingerprint density at radius 2 is 0.835 bits per heavy atom. The van der Waals surface area contributed by atoms with Crippen molar-refractivity contribution in [2.75, 3.05) is 19.8 Å². The largest absolute Gasteiger partial charge is 1.00 e. The van der Waals surface area contributed by atoms with Crippen molar-refractivity contribution in [3.63, 3.8) is 0 Å². The number of hydrogen-bond donors (Lipinski definition) is 0. The smallest absolute Gasteiger partial charge is 0.744 e. The molecular formula is C88H133NaO7S. The van der Waals surface area contributed by atoms with E-state index in [0.29, 0.717) is 18.1 Å². The second-order valence-corrected chi connectivity index (χ2v) is 31.0. The van der Waals surface area contributed by atoms with Crippen LogP contribution in [0.2, 0.25) is 0 Å². The number of hydrogen-bond acceptors (Lipinski definition) is 7. The molecule has 0 spiro atoms. The summed E-state index contributed by atoms with van der Waals surface area (Å²) in [5.41, 5.74) is 11.3. The van der Waals surface area contributed by atoms with E-state index >= 15 is 0 Å². The molecule has 8 unspecified atom stereocenters. The molecule has 0 radical (unpaired) electrons. The van der Waals surface area contributed by atoms with E-state index in [1.54, 1.807) is 24.3 Å². The van der Waals surface area contributed by atoms with E-state index in [4.69, 9.17) is 14.2 Å². The Labute approximate surface area is 616 Å². The van der Waals surface area contributed by atoms with Gasteiger partial charge in [0.15, 0.2) is 0 Å². The van der Waals surface area contributed by atoms with E-state index < -0.39 is 10.1 Å². The third kappa shape index (κ3) is 43.9. The summed E-state index contributed by atoms with van der Waals surface area (Å²) in [7, 11) is -4.38. The van der Waals surface area contributed by atoms with Crippen LogP contribution in [0.5, 0.6) is 0 Å². The Morgan fingerprint density at radius 1 is 0.474 bits per heavy atom. The summed E-state index contributed by atoms with van der Waals surface area (Å²) in [5, 5.41) is 0. The average Bonchev–Trinajstić information content (AvgIpc) is 1.15. The molecular weight excluding hydrogens is 1220 g/mol. The van der Waals surface area contributed by atoms with E-state index in [-0.39, 0.29) is 40.6 Å². The summed E-state index contributed by atoms with van der Waals surface area (Å²) < 4.78 is 51.3. The van der Waals surface area contributed by atoms with E-state index in [1.807, 2.05) is 24.3 Å². The fourth-order valence-corrected chi connectivity index (χ4v) is 13.2. The van der Waals surface area contributed by atoms with Crippen molar-refractivity contribution in [3.05, 3.63) is 209 Å².